The highest BCUT2D eigenvalue weighted by molar-refractivity contribution is 7.89. The summed E-state index contributed by atoms with van der Waals surface area (Å²) < 4.78 is 29.4. The first kappa shape index (κ1) is 25.6. The topological polar surface area (TPSA) is 57.7 Å². The molecule has 0 radical (unpaired) electrons. The van der Waals surface area contributed by atoms with Crippen molar-refractivity contribution in [2.75, 3.05) is 13.1 Å². The molecule has 1 unspecified atom stereocenters. The SMILES string of the molecule is Cc1cc(C)c(S(=O)(=O)N(CC(=O)N2CCc3sccc3C2c2ccccc2)C(C)(C)C)c(C)c1. The Morgan fingerprint density at radius 1 is 1.06 bits per heavy atom. The fourth-order valence-electron chi connectivity index (χ4n) is 5.16. The number of hydrogen-bond donors (Lipinski definition) is 0. The number of benzene rings is 2. The van der Waals surface area contributed by atoms with Crippen LogP contribution in [0.1, 0.15) is 59.5 Å². The zero-order valence-corrected chi connectivity index (χ0v) is 23.0. The van der Waals surface area contributed by atoms with E-state index in [9.17, 15) is 13.2 Å². The molecule has 186 valence electrons. The summed E-state index contributed by atoms with van der Waals surface area (Å²) in [7, 11) is -3.91. The number of thiophene rings is 1. The normalized spacial score (nSPS) is 16.4. The largest absolute Gasteiger partial charge is 0.330 e. The van der Waals surface area contributed by atoms with Crippen LogP contribution in [0.15, 0.2) is 58.8 Å². The molecule has 2 heterocycles. The maximum absolute atomic E-state index is 14.0. The highest BCUT2D eigenvalue weighted by Gasteiger charge is 2.40. The second-order valence-corrected chi connectivity index (χ2v) is 13.2. The average molecular weight is 511 g/mol. The number of rotatable bonds is 5. The minimum atomic E-state index is -3.91. The van der Waals surface area contributed by atoms with Gasteiger partial charge in [-0.2, -0.15) is 4.31 Å². The van der Waals surface area contributed by atoms with Gasteiger partial charge in [-0.3, -0.25) is 4.79 Å². The van der Waals surface area contributed by atoms with Gasteiger partial charge in [0.05, 0.1) is 17.5 Å². The van der Waals surface area contributed by atoms with Crippen LogP contribution in [0.5, 0.6) is 0 Å². The standard InChI is InChI=1S/C28H34N2O3S2/c1-19-16-20(2)27(21(3)17-19)35(32,33)30(28(4,5)6)18-25(31)29-14-12-24-23(13-15-34-24)26(29)22-10-8-7-9-11-22/h7-11,13,15-17,26H,12,14,18H2,1-6H3. The molecule has 4 rings (SSSR count). The Labute approximate surface area is 213 Å². The van der Waals surface area contributed by atoms with E-state index in [0.717, 1.165) is 23.1 Å². The summed E-state index contributed by atoms with van der Waals surface area (Å²) in [6, 6.07) is 15.6. The van der Waals surface area contributed by atoms with Crippen LogP contribution < -0.4 is 0 Å². The third-order valence-electron chi connectivity index (χ3n) is 6.58. The van der Waals surface area contributed by atoms with E-state index < -0.39 is 15.6 Å². The summed E-state index contributed by atoms with van der Waals surface area (Å²) in [6.45, 7) is 11.5. The second-order valence-electron chi connectivity index (χ2n) is 10.4. The maximum Gasteiger partial charge on any atom is 0.244 e. The molecule has 1 aromatic heterocycles. The maximum atomic E-state index is 14.0. The van der Waals surface area contributed by atoms with Crippen molar-refractivity contribution in [2.24, 2.45) is 0 Å². The lowest BCUT2D eigenvalue weighted by Crippen LogP contribution is -2.52. The van der Waals surface area contributed by atoms with Gasteiger partial charge in [-0.1, -0.05) is 48.0 Å². The summed E-state index contributed by atoms with van der Waals surface area (Å²) in [6.07, 6.45) is 0.778. The molecule has 7 heteroatoms. The van der Waals surface area contributed by atoms with Crippen LogP contribution in [-0.4, -0.2) is 42.2 Å². The number of nitrogens with zero attached hydrogens (tertiary/aromatic N) is 2. The van der Waals surface area contributed by atoms with Gasteiger partial charge in [0.25, 0.3) is 0 Å². The predicted octanol–water partition coefficient (Wildman–Crippen LogP) is 5.64. The van der Waals surface area contributed by atoms with E-state index >= 15 is 0 Å². The minimum absolute atomic E-state index is 0.184. The lowest BCUT2D eigenvalue weighted by Gasteiger charge is -2.40. The number of fused-ring (bicyclic) bond motifs is 1. The molecule has 0 aliphatic carbocycles. The molecule has 2 aromatic carbocycles. The fraction of sp³-hybridized carbons (Fsp3) is 0.393. The number of carbonyl (C=O) groups is 1. The molecule has 0 bridgehead atoms. The summed E-state index contributed by atoms with van der Waals surface area (Å²) in [5.41, 5.74) is 3.82. The van der Waals surface area contributed by atoms with Crippen molar-refractivity contribution < 1.29 is 13.2 Å². The van der Waals surface area contributed by atoms with Crippen LogP contribution >= 0.6 is 11.3 Å². The van der Waals surface area contributed by atoms with Gasteiger partial charge in [0.1, 0.15) is 0 Å². The Kier molecular flexibility index (Phi) is 6.97. The van der Waals surface area contributed by atoms with Crippen LogP contribution in [0.25, 0.3) is 0 Å². The van der Waals surface area contributed by atoms with Crippen molar-refractivity contribution in [1.82, 2.24) is 9.21 Å². The van der Waals surface area contributed by atoms with Gasteiger partial charge >= 0.3 is 0 Å². The van der Waals surface area contributed by atoms with Gasteiger partial charge in [-0.05, 0) is 81.7 Å². The predicted molar refractivity (Wildman–Crippen MR) is 142 cm³/mol. The van der Waals surface area contributed by atoms with Crippen LogP contribution in [0.4, 0.5) is 0 Å². The molecule has 0 saturated heterocycles. The van der Waals surface area contributed by atoms with Gasteiger partial charge in [0, 0.05) is 17.0 Å². The third-order valence-corrected chi connectivity index (χ3v) is 9.99. The molecular formula is C28H34N2O3S2. The Bertz CT molecular complexity index is 1320. The van der Waals surface area contributed by atoms with Crippen LogP contribution in [0.3, 0.4) is 0 Å². The van der Waals surface area contributed by atoms with Crippen molar-refractivity contribution in [3.05, 3.63) is 86.6 Å². The van der Waals surface area contributed by atoms with Crippen molar-refractivity contribution in [3.8, 4) is 0 Å². The second kappa shape index (κ2) is 9.52. The molecule has 1 atom stereocenters. The van der Waals surface area contributed by atoms with Gasteiger partial charge < -0.3 is 4.90 Å². The third kappa shape index (κ3) is 4.95. The van der Waals surface area contributed by atoms with E-state index in [0.29, 0.717) is 22.6 Å². The van der Waals surface area contributed by atoms with E-state index in [4.69, 9.17) is 0 Å². The highest BCUT2D eigenvalue weighted by Crippen LogP contribution is 2.38. The van der Waals surface area contributed by atoms with Crippen LogP contribution in [-0.2, 0) is 21.2 Å². The van der Waals surface area contributed by atoms with Crippen molar-refractivity contribution in [3.63, 3.8) is 0 Å². The van der Waals surface area contributed by atoms with Crippen molar-refractivity contribution in [1.29, 1.82) is 0 Å². The highest BCUT2D eigenvalue weighted by atomic mass is 32.2. The molecule has 1 aliphatic heterocycles. The number of sulfonamides is 1. The first-order chi connectivity index (χ1) is 16.4. The van der Waals surface area contributed by atoms with Crippen LogP contribution in [0, 0.1) is 20.8 Å². The van der Waals surface area contributed by atoms with Gasteiger partial charge in [-0.25, -0.2) is 8.42 Å². The lowest BCUT2D eigenvalue weighted by molar-refractivity contribution is -0.134. The summed E-state index contributed by atoms with van der Waals surface area (Å²) >= 11 is 1.72. The number of carbonyl (C=O) groups excluding carboxylic acids is 1. The smallest absolute Gasteiger partial charge is 0.244 e. The molecular weight excluding hydrogens is 476 g/mol. The van der Waals surface area contributed by atoms with Gasteiger partial charge in [0.2, 0.25) is 15.9 Å². The Morgan fingerprint density at radius 3 is 2.29 bits per heavy atom. The van der Waals surface area contributed by atoms with E-state index in [1.165, 1.54) is 9.18 Å². The number of hydrogen-bond acceptors (Lipinski definition) is 4. The Hall–Kier alpha value is -2.48. The van der Waals surface area contributed by atoms with Gasteiger partial charge in [0.15, 0.2) is 0 Å². The fourth-order valence-corrected chi connectivity index (χ4v) is 8.22. The summed E-state index contributed by atoms with van der Waals surface area (Å²) in [5.74, 6) is -0.184. The average Bonchev–Trinajstić information content (AvgIpc) is 3.24. The molecule has 5 nitrogen and oxygen atoms in total. The number of amides is 1. The zero-order valence-electron chi connectivity index (χ0n) is 21.3. The summed E-state index contributed by atoms with van der Waals surface area (Å²) in [4.78, 5) is 17.3. The first-order valence-corrected chi connectivity index (χ1v) is 14.2. The molecule has 1 aliphatic rings. The van der Waals surface area contributed by atoms with E-state index in [-0.39, 0.29) is 18.5 Å². The van der Waals surface area contributed by atoms with Gasteiger partial charge in [-0.15, -0.1) is 11.3 Å². The Balaban J connectivity index is 1.73. The quantitative estimate of drug-likeness (QED) is 0.447. The van der Waals surface area contributed by atoms with E-state index in [1.807, 2.05) is 88.9 Å². The molecule has 0 spiro atoms. The Morgan fingerprint density at radius 2 is 1.69 bits per heavy atom. The van der Waals surface area contributed by atoms with E-state index in [2.05, 4.69) is 11.4 Å². The van der Waals surface area contributed by atoms with Crippen molar-refractivity contribution >= 4 is 27.3 Å². The first-order valence-electron chi connectivity index (χ1n) is 11.9. The number of aryl methyl sites for hydroxylation is 3. The molecule has 0 fully saturated rings. The molecule has 0 N–H and O–H groups in total. The molecule has 1 amide bonds. The monoisotopic (exact) mass is 510 g/mol. The molecule has 0 saturated carbocycles. The molecule has 35 heavy (non-hydrogen) atoms. The lowest BCUT2D eigenvalue weighted by atomic mass is 9.93. The van der Waals surface area contributed by atoms with Crippen molar-refractivity contribution in [2.45, 2.75) is 64.4 Å². The van der Waals surface area contributed by atoms with E-state index in [1.54, 1.807) is 11.3 Å². The van der Waals surface area contributed by atoms with Crippen LogP contribution in [0.2, 0.25) is 0 Å². The molecule has 3 aromatic rings. The zero-order chi connectivity index (χ0) is 25.5. The minimum Gasteiger partial charge on any atom is -0.330 e. The summed E-state index contributed by atoms with van der Waals surface area (Å²) in [5, 5.41) is 2.07.